The lowest BCUT2D eigenvalue weighted by Gasteiger charge is -2.32. The molecule has 240 valence electrons. The predicted molar refractivity (Wildman–Crippen MR) is 171 cm³/mol. The normalized spacial score (nSPS) is 17.2. The molecule has 12 heteroatoms. The number of amides is 4. The molecule has 1 aliphatic heterocycles. The number of anilines is 2. The van der Waals surface area contributed by atoms with E-state index in [1.54, 1.807) is 21.9 Å². The predicted octanol–water partition coefficient (Wildman–Crippen LogP) is 3.28. The number of aliphatic hydroxyl groups excluding tert-OH is 1. The van der Waals surface area contributed by atoms with E-state index >= 15 is 0 Å². The third kappa shape index (κ3) is 8.72. The highest BCUT2D eigenvalue weighted by Crippen LogP contribution is 2.29. The summed E-state index contributed by atoms with van der Waals surface area (Å²) >= 11 is 0. The highest BCUT2D eigenvalue weighted by molar-refractivity contribution is 7.92. The minimum Gasteiger partial charge on any atom is -0.389 e. The number of aliphatic hydroxyl groups is 1. The molecule has 1 heterocycles. The number of nitrogens with one attached hydrogen (secondary N) is 2. The van der Waals surface area contributed by atoms with Gasteiger partial charge in [-0.05, 0) is 56.4 Å². The van der Waals surface area contributed by atoms with E-state index in [0.717, 1.165) is 41.8 Å². The van der Waals surface area contributed by atoms with Gasteiger partial charge in [-0.15, -0.1) is 0 Å². The molecule has 1 saturated carbocycles. The molecule has 2 fully saturated rings. The van der Waals surface area contributed by atoms with E-state index in [2.05, 4.69) is 10.6 Å². The summed E-state index contributed by atoms with van der Waals surface area (Å²) in [6, 6.07) is 13.2. The van der Waals surface area contributed by atoms with Gasteiger partial charge in [0, 0.05) is 43.9 Å². The van der Waals surface area contributed by atoms with E-state index < -0.39 is 28.1 Å². The molecule has 0 radical (unpaired) electrons. The largest absolute Gasteiger partial charge is 0.389 e. The molecule has 2 aliphatic rings. The number of sulfonamides is 1. The molecule has 3 N–H and O–H groups in total. The van der Waals surface area contributed by atoms with E-state index in [1.165, 1.54) is 19.5 Å². The smallest absolute Gasteiger partial charge is 0.317 e. The van der Waals surface area contributed by atoms with Crippen LogP contribution in [0.25, 0.3) is 0 Å². The maximum absolute atomic E-state index is 13.8. The van der Waals surface area contributed by atoms with Gasteiger partial charge in [0.25, 0.3) is 5.91 Å². The van der Waals surface area contributed by atoms with Crippen molar-refractivity contribution in [3.8, 4) is 0 Å². The van der Waals surface area contributed by atoms with E-state index in [1.807, 2.05) is 37.3 Å². The molecule has 11 nitrogen and oxygen atoms in total. The van der Waals surface area contributed by atoms with Crippen LogP contribution in [0.15, 0.2) is 48.5 Å². The number of benzene rings is 2. The van der Waals surface area contributed by atoms with E-state index in [-0.39, 0.29) is 35.8 Å². The molecule has 2 unspecified atom stereocenters. The van der Waals surface area contributed by atoms with Crippen molar-refractivity contribution in [3.63, 3.8) is 0 Å². The molecular formula is C32H45N5O6S. The summed E-state index contributed by atoms with van der Waals surface area (Å²) in [5, 5.41) is 17.5. The summed E-state index contributed by atoms with van der Waals surface area (Å²) < 4.78 is 25.8. The van der Waals surface area contributed by atoms with Crippen molar-refractivity contribution < 1.29 is 27.9 Å². The highest BCUT2D eigenvalue weighted by Gasteiger charge is 2.29. The quantitative estimate of drug-likeness (QED) is 0.330. The van der Waals surface area contributed by atoms with Gasteiger partial charge < -0.3 is 25.5 Å². The average Bonchev–Trinajstić information content (AvgIpc) is 3.45. The monoisotopic (exact) mass is 627 g/mol. The highest BCUT2D eigenvalue weighted by atomic mass is 32.2. The Balaban J connectivity index is 1.58. The van der Waals surface area contributed by atoms with Gasteiger partial charge in [0.1, 0.15) is 0 Å². The Morgan fingerprint density at radius 3 is 2.39 bits per heavy atom. The van der Waals surface area contributed by atoms with Crippen molar-refractivity contribution in [2.75, 3.05) is 42.1 Å². The molecule has 4 rings (SSSR count). The van der Waals surface area contributed by atoms with Crippen molar-refractivity contribution in [3.05, 3.63) is 59.7 Å². The lowest BCUT2D eigenvalue weighted by molar-refractivity contribution is -0.117. The molecule has 2 atom stereocenters. The van der Waals surface area contributed by atoms with Crippen LogP contribution in [0.1, 0.15) is 67.8 Å². The summed E-state index contributed by atoms with van der Waals surface area (Å²) in [6.45, 7) is 2.71. The molecule has 0 bridgehead atoms. The van der Waals surface area contributed by atoms with Gasteiger partial charge in [-0.25, -0.2) is 13.2 Å². The third-order valence-electron chi connectivity index (χ3n) is 8.50. The van der Waals surface area contributed by atoms with Crippen LogP contribution in [0.5, 0.6) is 0 Å². The summed E-state index contributed by atoms with van der Waals surface area (Å²) in [7, 11) is -2.26. The zero-order chi connectivity index (χ0) is 31.9. The molecule has 2 aromatic carbocycles. The van der Waals surface area contributed by atoms with Gasteiger partial charge in [0.05, 0.1) is 30.6 Å². The van der Waals surface area contributed by atoms with Crippen LogP contribution in [-0.4, -0.2) is 87.4 Å². The first-order chi connectivity index (χ1) is 21.0. The van der Waals surface area contributed by atoms with Crippen LogP contribution in [0.2, 0.25) is 0 Å². The summed E-state index contributed by atoms with van der Waals surface area (Å²) in [6.07, 6.45) is 6.53. The third-order valence-corrected chi connectivity index (χ3v) is 9.71. The zero-order valence-electron chi connectivity index (χ0n) is 25.9. The van der Waals surface area contributed by atoms with Crippen LogP contribution >= 0.6 is 0 Å². The minimum absolute atomic E-state index is 0.0111. The Morgan fingerprint density at radius 2 is 1.77 bits per heavy atom. The molecule has 1 aliphatic carbocycles. The van der Waals surface area contributed by atoms with Crippen LogP contribution in [-0.2, 0) is 21.2 Å². The Morgan fingerprint density at radius 1 is 1.07 bits per heavy atom. The first kappa shape index (κ1) is 33.3. The first-order valence-electron chi connectivity index (χ1n) is 15.4. The van der Waals surface area contributed by atoms with Crippen molar-refractivity contribution in [1.29, 1.82) is 0 Å². The van der Waals surface area contributed by atoms with Gasteiger partial charge in [0.15, 0.2) is 0 Å². The Hall–Kier alpha value is -3.64. The SMILES string of the molecule is CCN(CC(O)C(Cc1ccccc1)NC(=O)c1cc(N2CCCC2=O)cc(N(C)S(C)(=O)=O)c1)C(=O)NC1CCCCC1. The Labute approximate surface area is 260 Å². The lowest BCUT2D eigenvalue weighted by Crippen LogP contribution is -2.53. The zero-order valence-corrected chi connectivity index (χ0v) is 26.7. The minimum atomic E-state index is -3.65. The summed E-state index contributed by atoms with van der Waals surface area (Å²) in [5.74, 6) is -0.629. The number of rotatable bonds is 12. The van der Waals surface area contributed by atoms with Crippen LogP contribution in [0.4, 0.5) is 16.2 Å². The Bertz CT molecular complexity index is 1410. The maximum Gasteiger partial charge on any atom is 0.317 e. The number of urea groups is 1. The van der Waals surface area contributed by atoms with E-state index in [0.29, 0.717) is 38.0 Å². The molecule has 0 spiro atoms. The van der Waals surface area contributed by atoms with Gasteiger partial charge >= 0.3 is 6.03 Å². The van der Waals surface area contributed by atoms with Gasteiger partial charge in [-0.2, -0.15) is 0 Å². The van der Waals surface area contributed by atoms with E-state index in [9.17, 15) is 27.9 Å². The fourth-order valence-corrected chi connectivity index (χ4v) is 6.29. The molecule has 4 amide bonds. The molecule has 0 aromatic heterocycles. The van der Waals surface area contributed by atoms with E-state index in [4.69, 9.17) is 0 Å². The number of hydrogen-bond acceptors (Lipinski definition) is 6. The van der Waals surface area contributed by atoms with Crippen LogP contribution < -0.4 is 19.8 Å². The fraction of sp³-hybridized carbons (Fsp3) is 0.531. The number of carbonyl (C=O) groups is 3. The molecule has 44 heavy (non-hydrogen) atoms. The Kier molecular flexibility index (Phi) is 11.3. The second-order valence-corrected chi connectivity index (χ2v) is 13.8. The number of nitrogens with zero attached hydrogens (tertiary/aromatic N) is 3. The number of likely N-dealkylation sites (N-methyl/N-ethyl adjacent to an activating group) is 1. The number of hydrogen-bond donors (Lipinski definition) is 3. The summed E-state index contributed by atoms with van der Waals surface area (Å²) in [4.78, 5) is 42.5. The lowest BCUT2D eigenvalue weighted by atomic mass is 9.96. The van der Waals surface area contributed by atoms with Gasteiger partial charge in [0.2, 0.25) is 15.9 Å². The topological polar surface area (TPSA) is 139 Å². The van der Waals surface area contributed by atoms with Crippen molar-refractivity contribution in [1.82, 2.24) is 15.5 Å². The second-order valence-electron chi connectivity index (χ2n) is 11.8. The number of carbonyl (C=O) groups excluding carboxylic acids is 3. The van der Waals surface area contributed by atoms with Crippen molar-refractivity contribution >= 4 is 39.2 Å². The second kappa shape index (κ2) is 14.9. The fourth-order valence-electron chi connectivity index (χ4n) is 5.80. The first-order valence-corrected chi connectivity index (χ1v) is 17.3. The molecule has 2 aromatic rings. The van der Waals surface area contributed by atoms with Gasteiger partial charge in [-0.1, -0.05) is 49.6 Å². The van der Waals surface area contributed by atoms with Crippen molar-refractivity contribution in [2.45, 2.75) is 76.5 Å². The van der Waals surface area contributed by atoms with Crippen molar-refractivity contribution in [2.24, 2.45) is 0 Å². The van der Waals surface area contributed by atoms with Crippen LogP contribution in [0, 0.1) is 0 Å². The summed E-state index contributed by atoms with van der Waals surface area (Å²) in [5.41, 5.74) is 1.72. The maximum atomic E-state index is 13.8. The van der Waals surface area contributed by atoms with Crippen LogP contribution in [0.3, 0.4) is 0 Å². The molecular weight excluding hydrogens is 582 g/mol. The average molecular weight is 628 g/mol. The van der Waals surface area contributed by atoms with Gasteiger partial charge in [-0.3, -0.25) is 13.9 Å². The molecule has 1 saturated heterocycles. The standard InChI is InChI=1S/C32H45N5O6S/c1-4-36(32(41)33-25-14-9-6-10-15-25)22-29(38)28(18-23-12-7-5-8-13-23)34-31(40)24-19-26(35(2)44(3,42)43)21-27(20-24)37-17-11-16-30(37)39/h5,7-8,12-13,19-21,25,28-29,38H,4,6,9-11,14-18,22H2,1-3H3,(H,33,41)(H,34,40).